The second-order valence-corrected chi connectivity index (χ2v) is 8.23. The van der Waals surface area contributed by atoms with Crippen molar-refractivity contribution in [3.05, 3.63) is 131 Å². The molecule has 0 bridgehead atoms. The van der Waals surface area contributed by atoms with E-state index in [2.05, 4.69) is 11.9 Å². The molecule has 4 nitrogen and oxygen atoms in total. The average molecular weight is 475 g/mol. The Labute approximate surface area is 211 Å². The molecule has 0 aliphatic rings. The highest BCUT2D eigenvalue weighted by Gasteiger charge is 2.06. The fourth-order valence-electron chi connectivity index (χ4n) is 3.81. The second-order valence-electron chi connectivity index (χ2n) is 8.23. The predicted molar refractivity (Wildman–Crippen MR) is 142 cm³/mol. The zero-order valence-corrected chi connectivity index (χ0v) is 19.9. The van der Waals surface area contributed by atoms with Crippen LogP contribution < -0.4 is 9.47 Å². The smallest absolute Gasteiger partial charge is 0.128 e. The van der Waals surface area contributed by atoms with E-state index in [1.165, 1.54) is 0 Å². The van der Waals surface area contributed by atoms with E-state index in [0.29, 0.717) is 37.2 Å². The van der Waals surface area contributed by atoms with E-state index in [1.54, 1.807) is 0 Å². The Morgan fingerprint density at radius 3 is 1.19 bits per heavy atom. The standard InChI is InChI=1S/C32H26O4/c33-23-29(27-7-3-1-4-8-27)21-25-11-15-31(16-12-25)35-19-20-36-32-17-13-26(14-18-32)22-30(24-34)28-9-5-2-6-10-28/h1-18H,19-22H2. The van der Waals surface area contributed by atoms with Crippen LogP contribution in [0.25, 0.3) is 11.1 Å². The third-order valence-corrected chi connectivity index (χ3v) is 5.72. The first-order valence-electron chi connectivity index (χ1n) is 11.8. The summed E-state index contributed by atoms with van der Waals surface area (Å²) in [6.45, 7) is 0.799. The van der Waals surface area contributed by atoms with Gasteiger partial charge in [-0.05, 0) is 46.5 Å². The molecule has 4 rings (SSSR count). The average Bonchev–Trinajstić information content (AvgIpc) is 2.95. The Morgan fingerprint density at radius 2 is 0.861 bits per heavy atom. The van der Waals surface area contributed by atoms with Gasteiger partial charge in [0.25, 0.3) is 0 Å². The van der Waals surface area contributed by atoms with Gasteiger partial charge in [0.2, 0.25) is 0 Å². The molecule has 0 heterocycles. The Morgan fingerprint density at radius 1 is 0.500 bits per heavy atom. The first kappa shape index (κ1) is 24.5. The van der Waals surface area contributed by atoms with Crippen LogP contribution in [0.5, 0.6) is 11.5 Å². The number of hydrogen-bond acceptors (Lipinski definition) is 4. The van der Waals surface area contributed by atoms with Gasteiger partial charge in [0, 0.05) is 24.0 Å². The molecule has 0 aromatic heterocycles. The summed E-state index contributed by atoms with van der Waals surface area (Å²) in [5.41, 5.74) is 5.05. The molecule has 0 saturated heterocycles. The number of benzene rings is 4. The molecule has 0 fully saturated rings. The lowest BCUT2D eigenvalue weighted by Crippen LogP contribution is -2.09. The molecule has 0 spiro atoms. The Balaban J connectivity index is 1.22. The predicted octanol–water partition coefficient (Wildman–Crippen LogP) is 6.06. The summed E-state index contributed by atoms with van der Waals surface area (Å²) in [7, 11) is 0. The van der Waals surface area contributed by atoms with Gasteiger partial charge >= 0.3 is 0 Å². The molecule has 4 aromatic rings. The highest BCUT2D eigenvalue weighted by atomic mass is 16.5. The largest absolute Gasteiger partial charge is 0.490 e. The van der Waals surface area contributed by atoms with Crippen LogP contribution >= 0.6 is 0 Å². The minimum atomic E-state index is 0.399. The van der Waals surface area contributed by atoms with Crippen LogP contribution in [0.15, 0.2) is 109 Å². The van der Waals surface area contributed by atoms with Crippen molar-refractivity contribution in [3.63, 3.8) is 0 Å². The van der Waals surface area contributed by atoms with Crippen LogP contribution in [-0.4, -0.2) is 25.1 Å². The lowest BCUT2D eigenvalue weighted by atomic mass is 9.99. The fraction of sp³-hybridized carbons (Fsp3) is 0.125. The van der Waals surface area contributed by atoms with Gasteiger partial charge in [-0.2, -0.15) is 0 Å². The lowest BCUT2D eigenvalue weighted by molar-refractivity contribution is 0.217. The summed E-state index contributed by atoms with van der Waals surface area (Å²) in [4.78, 5) is 22.8. The highest BCUT2D eigenvalue weighted by molar-refractivity contribution is 5.89. The summed E-state index contributed by atoms with van der Waals surface area (Å²) in [6.07, 6.45) is 1.03. The Bertz CT molecular complexity index is 1240. The first-order chi connectivity index (χ1) is 17.7. The molecule has 0 radical (unpaired) electrons. The quantitative estimate of drug-likeness (QED) is 0.196. The molecule has 0 atom stereocenters. The van der Waals surface area contributed by atoms with Crippen LogP contribution in [0.1, 0.15) is 22.3 Å². The summed E-state index contributed by atoms with van der Waals surface area (Å²) in [5, 5.41) is 0. The van der Waals surface area contributed by atoms with E-state index in [0.717, 1.165) is 33.8 Å². The van der Waals surface area contributed by atoms with E-state index in [-0.39, 0.29) is 0 Å². The maximum Gasteiger partial charge on any atom is 0.128 e. The van der Waals surface area contributed by atoms with Crippen LogP contribution in [0, 0.1) is 0 Å². The molecular weight excluding hydrogens is 448 g/mol. The fourth-order valence-corrected chi connectivity index (χ4v) is 3.81. The molecule has 4 heteroatoms. The number of carbonyl (C=O) groups excluding carboxylic acids is 2. The third kappa shape index (κ3) is 6.94. The number of rotatable bonds is 11. The normalized spacial score (nSPS) is 10.1. The molecular formula is C32H26O4. The van der Waals surface area contributed by atoms with Gasteiger partial charge in [0.15, 0.2) is 0 Å². The van der Waals surface area contributed by atoms with Gasteiger partial charge < -0.3 is 9.47 Å². The van der Waals surface area contributed by atoms with Crippen LogP contribution in [-0.2, 0) is 22.4 Å². The van der Waals surface area contributed by atoms with Crippen molar-refractivity contribution < 1.29 is 19.1 Å². The molecule has 0 N–H and O–H groups in total. The third-order valence-electron chi connectivity index (χ3n) is 5.72. The minimum Gasteiger partial charge on any atom is -0.490 e. The van der Waals surface area contributed by atoms with Crippen LogP contribution in [0.3, 0.4) is 0 Å². The van der Waals surface area contributed by atoms with Gasteiger partial charge in [-0.1, -0.05) is 84.9 Å². The van der Waals surface area contributed by atoms with E-state index in [1.807, 2.05) is 109 Å². The maximum atomic E-state index is 11.4. The van der Waals surface area contributed by atoms with Gasteiger partial charge in [-0.15, -0.1) is 0 Å². The second kappa shape index (κ2) is 12.7. The van der Waals surface area contributed by atoms with E-state index < -0.39 is 0 Å². The molecule has 0 aliphatic heterocycles. The molecule has 0 saturated carbocycles. The summed E-state index contributed by atoms with van der Waals surface area (Å²) < 4.78 is 11.6. The SMILES string of the molecule is O=C=C(Cc1ccc(OCCOc2ccc(CC(=C=O)c3ccccc3)cc2)cc1)c1ccccc1. The van der Waals surface area contributed by atoms with Crippen molar-refractivity contribution >= 4 is 23.0 Å². The van der Waals surface area contributed by atoms with Crippen molar-refractivity contribution in [1.82, 2.24) is 0 Å². The van der Waals surface area contributed by atoms with E-state index >= 15 is 0 Å². The van der Waals surface area contributed by atoms with Crippen molar-refractivity contribution in [1.29, 1.82) is 0 Å². The van der Waals surface area contributed by atoms with Crippen molar-refractivity contribution in [3.8, 4) is 11.5 Å². The first-order valence-corrected chi connectivity index (χ1v) is 11.8. The molecule has 36 heavy (non-hydrogen) atoms. The molecule has 4 aromatic carbocycles. The zero-order valence-electron chi connectivity index (χ0n) is 19.9. The maximum absolute atomic E-state index is 11.4. The van der Waals surface area contributed by atoms with Gasteiger partial charge in [-0.3, -0.25) is 0 Å². The topological polar surface area (TPSA) is 52.6 Å². The molecule has 178 valence electrons. The number of hydrogen-bond donors (Lipinski definition) is 0. The molecule has 0 amide bonds. The molecule has 0 unspecified atom stereocenters. The summed E-state index contributed by atoms with van der Waals surface area (Å²) >= 11 is 0. The summed E-state index contributed by atoms with van der Waals surface area (Å²) in [6, 6.07) is 34.5. The van der Waals surface area contributed by atoms with Gasteiger partial charge in [0.05, 0.1) is 0 Å². The zero-order chi connectivity index (χ0) is 25.0. The van der Waals surface area contributed by atoms with Crippen molar-refractivity contribution in [2.24, 2.45) is 0 Å². The van der Waals surface area contributed by atoms with Crippen LogP contribution in [0.2, 0.25) is 0 Å². The van der Waals surface area contributed by atoms with Crippen LogP contribution in [0.4, 0.5) is 0 Å². The summed E-state index contributed by atoms with van der Waals surface area (Å²) in [5.74, 6) is 5.60. The Kier molecular flexibility index (Phi) is 8.67. The monoisotopic (exact) mass is 474 g/mol. The Hall–Kier alpha value is -4.62. The van der Waals surface area contributed by atoms with Crippen molar-refractivity contribution in [2.45, 2.75) is 12.8 Å². The highest BCUT2D eigenvalue weighted by Crippen LogP contribution is 2.21. The molecule has 0 aliphatic carbocycles. The lowest BCUT2D eigenvalue weighted by Gasteiger charge is -2.10. The number of ether oxygens (including phenoxy) is 2. The number of allylic oxidation sites excluding steroid dienone is 2. The van der Waals surface area contributed by atoms with E-state index in [9.17, 15) is 9.59 Å². The van der Waals surface area contributed by atoms with E-state index in [4.69, 9.17) is 9.47 Å². The van der Waals surface area contributed by atoms with Gasteiger partial charge in [-0.25, -0.2) is 9.59 Å². The van der Waals surface area contributed by atoms with Gasteiger partial charge in [0.1, 0.15) is 36.6 Å². The minimum absolute atomic E-state index is 0.399. The van der Waals surface area contributed by atoms with Crippen molar-refractivity contribution in [2.75, 3.05) is 13.2 Å².